The van der Waals surface area contributed by atoms with Crippen molar-refractivity contribution < 1.29 is 14.2 Å². The molecular weight excluding hydrogens is 245 g/mol. The third kappa shape index (κ3) is 2.35. The van der Waals surface area contributed by atoms with Gasteiger partial charge in [0.15, 0.2) is 0 Å². The van der Waals surface area contributed by atoms with Crippen LogP contribution >= 0.6 is 0 Å². The number of nitrogens with zero attached hydrogens (tertiary/aromatic N) is 1. The zero-order valence-electron chi connectivity index (χ0n) is 11.2. The van der Waals surface area contributed by atoms with Gasteiger partial charge in [-0.25, -0.2) is 4.39 Å². The lowest BCUT2D eigenvalue weighted by atomic mass is 10.0. The molecule has 19 heavy (non-hydrogen) atoms. The molecule has 1 saturated heterocycles. The summed E-state index contributed by atoms with van der Waals surface area (Å²) in [5, 5.41) is 9.93. The number of fused-ring (bicyclic) bond motifs is 1. The van der Waals surface area contributed by atoms with Gasteiger partial charge in [-0.05, 0) is 32.3 Å². The van der Waals surface area contributed by atoms with E-state index in [4.69, 9.17) is 4.74 Å². The number of phenols is 1. The van der Waals surface area contributed by atoms with E-state index in [1.807, 2.05) is 0 Å². The number of benzene rings is 1. The first-order chi connectivity index (χ1) is 9.16. The van der Waals surface area contributed by atoms with Crippen molar-refractivity contribution in [2.45, 2.75) is 44.4 Å². The van der Waals surface area contributed by atoms with Crippen LogP contribution in [0.15, 0.2) is 18.2 Å². The third-order valence-corrected chi connectivity index (χ3v) is 4.47. The van der Waals surface area contributed by atoms with Crippen LogP contribution < -0.4 is 0 Å². The highest BCUT2D eigenvalue weighted by Gasteiger charge is 2.38. The molecule has 104 valence electrons. The van der Waals surface area contributed by atoms with Crippen molar-refractivity contribution in [1.82, 2.24) is 4.90 Å². The van der Waals surface area contributed by atoms with Crippen LogP contribution in [0.1, 0.15) is 37.8 Å². The molecule has 1 N–H and O–H groups in total. The van der Waals surface area contributed by atoms with Crippen LogP contribution in [-0.4, -0.2) is 35.3 Å². The molecule has 2 aliphatic rings. The van der Waals surface area contributed by atoms with Gasteiger partial charge in [0.2, 0.25) is 0 Å². The summed E-state index contributed by atoms with van der Waals surface area (Å²) in [6.45, 7) is 3.69. The minimum Gasteiger partial charge on any atom is -0.508 e. The number of phenolic OH excluding ortho intramolecular Hbond substituents is 1. The Bertz CT molecular complexity index is 465. The van der Waals surface area contributed by atoms with Crippen LogP contribution in [0.2, 0.25) is 0 Å². The fraction of sp³-hybridized carbons (Fsp3) is 0.600. The van der Waals surface area contributed by atoms with Gasteiger partial charge in [-0.1, -0.05) is 6.07 Å². The molecule has 1 aromatic rings. The zero-order chi connectivity index (χ0) is 13.4. The standard InChI is InChI=1S/C15H20FNO2/c1-10(12-6-5-11(16)9-14(12)18)17-7-8-19-15-4-2-3-13(15)17/h5-6,9-10,13,15,18H,2-4,7-8H2,1H3. The molecule has 3 atom stereocenters. The van der Waals surface area contributed by atoms with E-state index in [-0.39, 0.29) is 11.8 Å². The SMILES string of the molecule is CC(c1ccc(F)cc1O)N1CCOC2CCCC21. The average molecular weight is 265 g/mol. The second kappa shape index (κ2) is 5.10. The summed E-state index contributed by atoms with van der Waals surface area (Å²) in [6, 6.07) is 4.83. The Morgan fingerprint density at radius 2 is 2.26 bits per heavy atom. The number of hydrogen-bond acceptors (Lipinski definition) is 3. The second-order valence-corrected chi connectivity index (χ2v) is 5.52. The van der Waals surface area contributed by atoms with Gasteiger partial charge in [0, 0.05) is 30.3 Å². The fourth-order valence-corrected chi connectivity index (χ4v) is 3.49. The molecule has 1 aromatic carbocycles. The molecule has 1 aliphatic carbocycles. The molecule has 0 bridgehead atoms. The van der Waals surface area contributed by atoms with Crippen molar-refractivity contribution in [1.29, 1.82) is 0 Å². The van der Waals surface area contributed by atoms with Crippen LogP contribution in [0.5, 0.6) is 5.75 Å². The first kappa shape index (κ1) is 12.9. The van der Waals surface area contributed by atoms with Crippen molar-refractivity contribution in [3.63, 3.8) is 0 Å². The summed E-state index contributed by atoms with van der Waals surface area (Å²) in [7, 11) is 0. The smallest absolute Gasteiger partial charge is 0.126 e. The summed E-state index contributed by atoms with van der Waals surface area (Å²) in [6.07, 6.45) is 3.81. The summed E-state index contributed by atoms with van der Waals surface area (Å²) in [5.74, 6) is -0.345. The van der Waals surface area contributed by atoms with Crippen LogP contribution in [-0.2, 0) is 4.74 Å². The van der Waals surface area contributed by atoms with E-state index in [2.05, 4.69) is 11.8 Å². The van der Waals surface area contributed by atoms with Crippen molar-refractivity contribution in [2.24, 2.45) is 0 Å². The van der Waals surface area contributed by atoms with E-state index in [9.17, 15) is 9.50 Å². The highest BCUT2D eigenvalue weighted by Crippen LogP contribution is 2.37. The van der Waals surface area contributed by atoms with Crippen molar-refractivity contribution >= 4 is 0 Å². The van der Waals surface area contributed by atoms with E-state index < -0.39 is 5.82 Å². The highest BCUT2D eigenvalue weighted by molar-refractivity contribution is 5.35. The quantitative estimate of drug-likeness (QED) is 0.892. The monoisotopic (exact) mass is 265 g/mol. The molecule has 3 nitrogen and oxygen atoms in total. The molecule has 1 aliphatic heterocycles. The van der Waals surface area contributed by atoms with E-state index in [0.717, 1.165) is 31.6 Å². The number of halogens is 1. The lowest BCUT2D eigenvalue weighted by Gasteiger charge is -2.41. The van der Waals surface area contributed by atoms with E-state index in [1.54, 1.807) is 6.07 Å². The van der Waals surface area contributed by atoms with Gasteiger partial charge in [0.25, 0.3) is 0 Å². The molecule has 3 rings (SSSR count). The van der Waals surface area contributed by atoms with Gasteiger partial charge >= 0.3 is 0 Å². The number of rotatable bonds is 2. The molecule has 1 heterocycles. The van der Waals surface area contributed by atoms with Gasteiger partial charge in [-0.3, -0.25) is 4.90 Å². The normalized spacial score (nSPS) is 29.2. The molecule has 1 saturated carbocycles. The Morgan fingerprint density at radius 1 is 1.42 bits per heavy atom. The van der Waals surface area contributed by atoms with Crippen LogP contribution in [0.3, 0.4) is 0 Å². The Labute approximate surface area is 113 Å². The first-order valence-electron chi connectivity index (χ1n) is 7.02. The molecule has 0 radical (unpaired) electrons. The first-order valence-corrected chi connectivity index (χ1v) is 7.02. The van der Waals surface area contributed by atoms with Crippen LogP contribution in [0.4, 0.5) is 4.39 Å². The summed E-state index contributed by atoms with van der Waals surface area (Å²) in [5.41, 5.74) is 0.800. The Morgan fingerprint density at radius 3 is 3.05 bits per heavy atom. The predicted molar refractivity (Wildman–Crippen MR) is 70.6 cm³/mol. The van der Waals surface area contributed by atoms with Crippen LogP contribution in [0.25, 0.3) is 0 Å². The molecular formula is C15H20FNO2. The zero-order valence-corrected chi connectivity index (χ0v) is 11.2. The number of ether oxygens (including phenoxy) is 1. The Kier molecular flexibility index (Phi) is 3.46. The topological polar surface area (TPSA) is 32.7 Å². The lowest BCUT2D eigenvalue weighted by Crippen LogP contribution is -2.49. The average Bonchev–Trinajstić information content (AvgIpc) is 2.86. The minimum absolute atomic E-state index is 0.0496. The van der Waals surface area contributed by atoms with Crippen molar-refractivity contribution in [2.75, 3.05) is 13.2 Å². The maximum Gasteiger partial charge on any atom is 0.126 e. The summed E-state index contributed by atoms with van der Waals surface area (Å²) >= 11 is 0. The van der Waals surface area contributed by atoms with Gasteiger partial charge in [0.1, 0.15) is 11.6 Å². The Hall–Kier alpha value is -1.13. The molecule has 0 aromatic heterocycles. The highest BCUT2D eigenvalue weighted by atomic mass is 19.1. The van der Waals surface area contributed by atoms with Crippen molar-refractivity contribution in [3.8, 4) is 5.75 Å². The van der Waals surface area contributed by atoms with E-state index in [0.29, 0.717) is 12.1 Å². The molecule has 0 spiro atoms. The van der Waals surface area contributed by atoms with Gasteiger partial charge < -0.3 is 9.84 Å². The molecule has 2 fully saturated rings. The molecule has 0 amide bonds. The van der Waals surface area contributed by atoms with Gasteiger partial charge in [-0.2, -0.15) is 0 Å². The fourth-order valence-electron chi connectivity index (χ4n) is 3.49. The lowest BCUT2D eigenvalue weighted by molar-refractivity contribution is -0.0700. The summed E-state index contributed by atoms with van der Waals surface area (Å²) in [4.78, 5) is 2.40. The maximum absolute atomic E-state index is 13.1. The summed E-state index contributed by atoms with van der Waals surface area (Å²) < 4.78 is 18.9. The maximum atomic E-state index is 13.1. The van der Waals surface area contributed by atoms with Gasteiger partial charge in [0.05, 0.1) is 12.7 Å². The van der Waals surface area contributed by atoms with Crippen LogP contribution in [0, 0.1) is 5.82 Å². The number of aromatic hydroxyl groups is 1. The van der Waals surface area contributed by atoms with E-state index >= 15 is 0 Å². The predicted octanol–water partition coefficient (Wildman–Crippen LogP) is 2.85. The second-order valence-electron chi connectivity index (χ2n) is 5.52. The van der Waals surface area contributed by atoms with Gasteiger partial charge in [-0.15, -0.1) is 0 Å². The third-order valence-electron chi connectivity index (χ3n) is 4.47. The minimum atomic E-state index is -0.394. The molecule has 4 heteroatoms. The largest absolute Gasteiger partial charge is 0.508 e. The Balaban J connectivity index is 1.84. The molecule has 3 unspecified atom stereocenters. The van der Waals surface area contributed by atoms with E-state index in [1.165, 1.54) is 18.6 Å². The number of morpholine rings is 1. The number of hydrogen-bond donors (Lipinski definition) is 1. The van der Waals surface area contributed by atoms with Crippen molar-refractivity contribution in [3.05, 3.63) is 29.6 Å².